The molecule has 1 aliphatic heterocycles. The van der Waals surface area contributed by atoms with E-state index in [-0.39, 0.29) is 0 Å². The maximum absolute atomic E-state index is 5.48. The molecular formula is C16H18AlNOSi. The van der Waals surface area contributed by atoms with E-state index in [0.717, 1.165) is 11.4 Å². The summed E-state index contributed by atoms with van der Waals surface area (Å²) < 4.78 is 5.48. The van der Waals surface area contributed by atoms with Crippen LogP contribution in [0.2, 0.25) is 13.1 Å². The monoisotopic (exact) mass is 295 g/mol. The van der Waals surface area contributed by atoms with E-state index >= 15 is 0 Å². The number of nitrogens with zero attached hydrogens (tertiary/aromatic N) is 1. The first-order chi connectivity index (χ1) is 9.46. The summed E-state index contributed by atoms with van der Waals surface area (Å²) in [6.07, 6.45) is 2.02. The summed E-state index contributed by atoms with van der Waals surface area (Å²) in [5.41, 5.74) is 3.65. The molecular weight excluding hydrogens is 277 g/mol. The van der Waals surface area contributed by atoms with Gasteiger partial charge in [-0.1, -0.05) is 45.1 Å². The van der Waals surface area contributed by atoms with Gasteiger partial charge >= 0.3 is 16.6 Å². The van der Waals surface area contributed by atoms with Crippen molar-refractivity contribution >= 4 is 35.1 Å². The molecule has 20 heavy (non-hydrogen) atoms. The number of pyridine rings is 1. The molecule has 0 bridgehead atoms. The molecule has 1 aliphatic rings. The molecule has 0 fully saturated rings. The van der Waals surface area contributed by atoms with Gasteiger partial charge in [-0.25, -0.2) is 0 Å². The molecule has 0 aliphatic carbocycles. The highest BCUT2D eigenvalue weighted by Crippen LogP contribution is 2.34. The van der Waals surface area contributed by atoms with Crippen LogP contribution in [0.15, 0.2) is 30.5 Å². The van der Waals surface area contributed by atoms with E-state index in [2.05, 4.69) is 61.8 Å². The second kappa shape index (κ2) is 4.73. The minimum absolute atomic E-state index is 0.513. The van der Waals surface area contributed by atoms with Crippen LogP contribution in [0.1, 0.15) is 25.3 Å². The Balaban J connectivity index is 2.31. The topological polar surface area (TPSA) is 22.1 Å². The summed E-state index contributed by atoms with van der Waals surface area (Å²) in [7, 11) is -1.66. The second-order valence-electron chi connectivity index (χ2n) is 6.24. The van der Waals surface area contributed by atoms with E-state index in [1.54, 1.807) is 0 Å². The molecule has 0 spiro atoms. The van der Waals surface area contributed by atoms with Crippen LogP contribution in [0.25, 0.3) is 11.3 Å². The molecule has 0 saturated carbocycles. The van der Waals surface area contributed by atoms with Gasteiger partial charge in [0.2, 0.25) is 0 Å². The quantitative estimate of drug-likeness (QED) is 0.794. The Kier molecular flexibility index (Phi) is 3.29. The summed E-state index contributed by atoms with van der Waals surface area (Å²) in [5.74, 6) is 1.43. The fraction of sp³-hybridized carbons (Fsp3) is 0.312. The van der Waals surface area contributed by atoms with Gasteiger partial charge in [0.05, 0.1) is 11.4 Å². The van der Waals surface area contributed by atoms with Gasteiger partial charge in [0, 0.05) is 11.8 Å². The van der Waals surface area contributed by atoms with E-state index in [9.17, 15) is 0 Å². The van der Waals surface area contributed by atoms with Gasteiger partial charge in [0.1, 0.15) is 8.07 Å². The molecule has 2 heterocycles. The van der Waals surface area contributed by atoms with E-state index < -0.39 is 8.07 Å². The molecule has 0 atom stereocenters. The number of hydrogen-bond donors (Lipinski definition) is 0. The van der Waals surface area contributed by atoms with Gasteiger partial charge in [-0.2, -0.15) is 0 Å². The number of rotatable bonds is 2. The molecule has 3 rings (SSSR count). The van der Waals surface area contributed by atoms with Gasteiger partial charge in [-0.3, -0.25) is 4.98 Å². The molecule has 0 saturated heterocycles. The van der Waals surface area contributed by atoms with Crippen molar-refractivity contribution < 1.29 is 3.79 Å². The molecule has 2 aromatic rings. The van der Waals surface area contributed by atoms with Crippen molar-refractivity contribution in [3.05, 3.63) is 36.0 Å². The number of fused-ring (bicyclic) bond motifs is 3. The predicted octanol–water partition coefficient (Wildman–Crippen LogP) is 2.47. The average Bonchev–Trinajstić information content (AvgIpc) is 2.67. The molecule has 4 heteroatoms. The van der Waals surface area contributed by atoms with Crippen molar-refractivity contribution in [2.24, 2.45) is 0 Å². The summed E-state index contributed by atoms with van der Waals surface area (Å²) >= 11 is 2.36. The smallest absolute Gasteiger partial charge is 0.482 e. The van der Waals surface area contributed by atoms with Crippen molar-refractivity contribution in [1.82, 2.24) is 4.98 Å². The lowest BCUT2D eigenvalue weighted by Crippen LogP contribution is -2.49. The molecule has 1 aromatic carbocycles. The number of hydrogen-bond acceptors (Lipinski definition) is 2. The fourth-order valence-corrected chi connectivity index (χ4v) is 6.19. The highest BCUT2D eigenvalue weighted by Gasteiger charge is 2.40. The first-order valence-corrected chi connectivity index (χ1v) is 10.4. The predicted molar refractivity (Wildman–Crippen MR) is 86.9 cm³/mol. The van der Waals surface area contributed by atoms with E-state index in [1.165, 1.54) is 21.5 Å². The first-order valence-electron chi connectivity index (χ1n) is 6.98. The van der Waals surface area contributed by atoms with Crippen molar-refractivity contribution in [3.63, 3.8) is 0 Å². The summed E-state index contributed by atoms with van der Waals surface area (Å²) in [6, 6.07) is 8.71. The Morgan fingerprint density at radius 2 is 1.95 bits per heavy atom. The Morgan fingerprint density at radius 3 is 2.60 bits per heavy atom. The van der Waals surface area contributed by atoms with E-state index in [0.29, 0.717) is 5.92 Å². The maximum Gasteiger partial charge on any atom is 0.482 e. The van der Waals surface area contributed by atoms with Gasteiger partial charge in [-0.15, -0.1) is 0 Å². The average molecular weight is 295 g/mol. The van der Waals surface area contributed by atoms with E-state index in [1.807, 2.05) is 12.3 Å². The zero-order valence-corrected chi connectivity index (χ0v) is 14.6. The lowest BCUT2D eigenvalue weighted by atomic mass is 10.0. The molecule has 100 valence electrons. The maximum atomic E-state index is 5.48. The highest BCUT2D eigenvalue weighted by molar-refractivity contribution is 7.03. The lowest BCUT2D eigenvalue weighted by Gasteiger charge is -2.19. The third-order valence-electron chi connectivity index (χ3n) is 4.31. The van der Waals surface area contributed by atoms with Gasteiger partial charge in [0.15, 0.2) is 0 Å². The first kappa shape index (κ1) is 13.9. The normalized spacial score (nSPS) is 15.1. The molecule has 2 radical (unpaired) electrons. The van der Waals surface area contributed by atoms with Crippen molar-refractivity contribution in [2.45, 2.75) is 32.9 Å². The summed E-state index contributed by atoms with van der Waals surface area (Å²) in [4.78, 5) is 4.77. The minimum Gasteiger partial charge on any atom is -0.653 e. The number of benzene rings is 1. The zero-order valence-electron chi connectivity index (χ0n) is 12.4. The number of aromatic nitrogens is 1. The van der Waals surface area contributed by atoms with Gasteiger partial charge in [0.25, 0.3) is 0 Å². The Hall–Kier alpha value is -1.08. The van der Waals surface area contributed by atoms with Crippen molar-refractivity contribution in [3.8, 4) is 17.0 Å². The van der Waals surface area contributed by atoms with Gasteiger partial charge in [-0.05, 0) is 27.9 Å². The third kappa shape index (κ3) is 1.87. The fourth-order valence-electron chi connectivity index (χ4n) is 3.01. The Bertz CT molecular complexity index is 682. The lowest BCUT2D eigenvalue weighted by molar-refractivity contribution is 0.619. The zero-order chi connectivity index (χ0) is 14.5. The largest absolute Gasteiger partial charge is 0.653 e. The molecule has 0 unspecified atom stereocenters. The van der Waals surface area contributed by atoms with Crippen molar-refractivity contribution in [1.29, 1.82) is 0 Å². The standard InChI is InChI=1S/C16H19NOSi.Al/c1-10(2)11-8-14-16(17-9-11)15-12(18)6-5-7-13(15)19(14,3)4;/h5-10,18H,1-4H3;/q;+1/p-1. The molecule has 0 N–H and O–H groups in total. The van der Waals surface area contributed by atoms with Crippen LogP contribution in [0.4, 0.5) is 0 Å². The Labute approximate surface area is 130 Å². The van der Waals surface area contributed by atoms with Crippen LogP contribution in [0.5, 0.6) is 5.75 Å². The van der Waals surface area contributed by atoms with Crippen LogP contribution in [0.3, 0.4) is 0 Å². The minimum atomic E-state index is -1.66. The van der Waals surface area contributed by atoms with Crippen LogP contribution in [-0.4, -0.2) is 29.7 Å². The molecule has 2 nitrogen and oxygen atoms in total. The SMILES string of the molecule is CC(C)c1cnc2c(c1)[Si](C)(C)c1cccc([O][Al])c1-2. The van der Waals surface area contributed by atoms with Crippen LogP contribution in [0, 0.1) is 0 Å². The van der Waals surface area contributed by atoms with Crippen LogP contribution >= 0.6 is 0 Å². The summed E-state index contributed by atoms with van der Waals surface area (Å²) in [6.45, 7) is 9.24. The highest BCUT2D eigenvalue weighted by atomic mass is 28.3. The van der Waals surface area contributed by atoms with E-state index in [4.69, 9.17) is 8.77 Å². The van der Waals surface area contributed by atoms with Gasteiger partial charge < -0.3 is 3.79 Å². The van der Waals surface area contributed by atoms with Crippen LogP contribution in [-0.2, 0) is 0 Å². The van der Waals surface area contributed by atoms with Crippen molar-refractivity contribution in [2.75, 3.05) is 0 Å². The Morgan fingerprint density at radius 1 is 1.20 bits per heavy atom. The third-order valence-corrected chi connectivity index (χ3v) is 8.06. The molecule has 1 aromatic heterocycles. The summed E-state index contributed by atoms with van der Waals surface area (Å²) in [5, 5.41) is 2.87. The second-order valence-corrected chi connectivity index (χ2v) is 10.8. The molecule has 0 amide bonds. The van der Waals surface area contributed by atoms with Crippen LogP contribution < -0.4 is 14.2 Å².